The predicted molar refractivity (Wildman–Crippen MR) is 86.3 cm³/mol. The molecule has 0 radical (unpaired) electrons. The van der Waals surface area contributed by atoms with E-state index < -0.39 is 0 Å². The molecular weight excluding hydrogens is 291 g/mol. The molecule has 1 unspecified atom stereocenters. The van der Waals surface area contributed by atoms with E-state index in [-0.39, 0.29) is 17.8 Å². The number of carbonyl (C=O) groups is 1. The van der Waals surface area contributed by atoms with Crippen molar-refractivity contribution in [2.45, 2.75) is 19.0 Å². The van der Waals surface area contributed by atoms with Crippen molar-refractivity contribution in [3.05, 3.63) is 71.0 Å². The summed E-state index contributed by atoms with van der Waals surface area (Å²) in [4.78, 5) is 16.7. The van der Waals surface area contributed by atoms with Crippen LogP contribution in [0.1, 0.15) is 22.7 Å². The number of rotatable bonds is 2. The molecule has 2 heterocycles. The number of halogens is 1. The lowest BCUT2D eigenvalue weighted by Crippen LogP contribution is -2.53. The predicted octanol–water partition coefficient (Wildman–Crippen LogP) is 2.77. The molecule has 0 aromatic heterocycles. The van der Waals surface area contributed by atoms with Crippen LogP contribution in [-0.2, 0) is 17.8 Å². The standard InChI is InChI=1S/C19H19FN2O/c20-16-7-5-14(6-8-16)11-21-12-18-17-4-2-1-3-15(17)9-10-22(18)19(23)13-21/h1-8,18H,9-13H2. The van der Waals surface area contributed by atoms with Gasteiger partial charge in [0.05, 0.1) is 12.6 Å². The first-order chi connectivity index (χ1) is 11.2. The van der Waals surface area contributed by atoms with E-state index in [9.17, 15) is 9.18 Å². The first-order valence-electron chi connectivity index (χ1n) is 8.05. The fourth-order valence-electron chi connectivity index (χ4n) is 3.71. The van der Waals surface area contributed by atoms with E-state index >= 15 is 0 Å². The molecule has 0 saturated carbocycles. The number of benzene rings is 2. The summed E-state index contributed by atoms with van der Waals surface area (Å²) in [6, 6.07) is 15.1. The van der Waals surface area contributed by atoms with Gasteiger partial charge in [0, 0.05) is 19.6 Å². The average molecular weight is 310 g/mol. The minimum absolute atomic E-state index is 0.140. The number of fused-ring (bicyclic) bond motifs is 3. The maximum atomic E-state index is 13.0. The summed E-state index contributed by atoms with van der Waals surface area (Å²) in [5.74, 6) is -0.0336. The quantitative estimate of drug-likeness (QED) is 0.851. The van der Waals surface area contributed by atoms with Gasteiger partial charge in [0.1, 0.15) is 5.82 Å². The van der Waals surface area contributed by atoms with E-state index in [1.54, 1.807) is 12.1 Å². The SMILES string of the molecule is O=C1CN(Cc2ccc(F)cc2)CC2c3ccccc3CCN12. The van der Waals surface area contributed by atoms with Gasteiger partial charge in [-0.3, -0.25) is 9.69 Å². The maximum absolute atomic E-state index is 13.0. The number of hydrogen-bond acceptors (Lipinski definition) is 2. The van der Waals surface area contributed by atoms with Crippen LogP contribution < -0.4 is 0 Å². The van der Waals surface area contributed by atoms with Crippen LogP contribution in [0.3, 0.4) is 0 Å². The van der Waals surface area contributed by atoms with Gasteiger partial charge in [-0.25, -0.2) is 4.39 Å². The van der Waals surface area contributed by atoms with Gasteiger partial charge in [-0.1, -0.05) is 36.4 Å². The van der Waals surface area contributed by atoms with Crippen LogP contribution >= 0.6 is 0 Å². The molecule has 118 valence electrons. The van der Waals surface area contributed by atoms with E-state index in [1.165, 1.54) is 23.3 Å². The second-order valence-electron chi connectivity index (χ2n) is 6.35. The van der Waals surface area contributed by atoms with Crippen molar-refractivity contribution < 1.29 is 9.18 Å². The van der Waals surface area contributed by atoms with Gasteiger partial charge in [-0.15, -0.1) is 0 Å². The van der Waals surface area contributed by atoms with E-state index in [2.05, 4.69) is 23.1 Å². The van der Waals surface area contributed by atoms with Gasteiger partial charge < -0.3 is 4.90 Å². The van der Waals surface area contributed by atoms with Gasteiger partial charge in [0.25, 0.3) is 0 Å². The Labute approximate surface area is 135 Å². The summed E-state index contributed by atoms with van der Waals surface area (Å²) in [5.41, 5.74) is 3.66. The number of hydrogen-bond donors (Lipinski definition) is 0. The van der Waals surface area contributed by atoms with Crippen molar-refractivity contribution in [1.29, 1.82) is 0 Å². The third-order valence-electron chi connectivity index (χ3n) is 4.84. The monoisotopic (exact) mass is 310 g/mol. The van der Waals surface area contributed by atoms with Crippen molar-refractivity contribution in [1.82, 2.24) is 9.80 Å². The van der Waals surface area contributed by atoms with E-state index in [0.717, 1.165) is 25.1 Å². The molecule has 23 heavy (non-hydrogen) atoms. The molecule has 1 fully saturated rings. The molecule has 0 N–H and O–H groups in total. The van der Waals surface area contributed by atoms with Crippen molar-refractivity contribution in [2.24, 2.45) is 0 Å². The van der Waals surface area contributed by atoms with Crippen LogP contribution in [-0.4, -0.2) is 35.3 Å². The summed E-state index contributed by atoms with van der Waals surface area (Å²) >= 11 is 0. The Balaban J connectivity index is 1.57. The fraction of sp³-hybridized carbons (Fsp3) is 0.316. The maximum Gasteiger partial charge on any atom is 0.237 e. The Morgan fingerprint density at radius 1 is 1.09 bits per heavy atom. The van der Waals surface area contributed by atoms with E-state index in [0.29, 0.717) is 13.1 Å². The lowest BCUT2D eigenvalue weighted by molar-refractivity contribution is -0.140. The van der Waals surface area contributed by atoms with Gasteiger partial charge in [0.2, 0.25) is 5.91 Å². The topological polar surface area (TPSA) is 23.6 Å². The lowest BCUT2D eigenvalue weighted by Gasteiger charge is -2.44. The second kappa shape index (κ2) is 5.78. The Kier molecular flexibility index (Phi) is 3.62. The summed E-state index contributed by atoms with van der Waals surface area (Å²) in [5, 5.41) is 0. The zero-order valence-electron chi connectivity index (χ0n) is 12.9. The third-order valence-corrected chi connectivity index (χ3v) is 4.84. The summed E-state index contributed by atoms with van der Waals surface area (Å²) < 4.78 is 13.0. The third kappa shape index (κ3) is 2.75. The number of nitrogens with zero attached hydrogens (tertiary/aromatic N) is 2. The Morgan fingerprint density at radius 3 is 2.70 bits per heavy atom. The molecule has 2 aromatic rings. The van der Waals surface area contributed by atoms with Crippen LogP contribution in [0.5, 0.6) is 0 Å². The molecule has 2 aliphatic heterocycles. The van der Waals surface area contributed by atoms with Crippen LogP contribution in [0.25, 0.3) is 0 Å². The van der Waals surface area contributed by atoms with Gasteiger partial charge >= 0.3 is 0 Å². The van der Waals surface area contributed by atoms with Gasteiger partial charge in [0.15, 0.2) is 0 Å². The molecule has 0 aliphatic carbocycles. The molecule has 1 atom stereocenters. The van der Waals surface area contributed by atoms with Crippen LogP contribution in [0, 0.1) is 5.82 Å². The summed E-state index contributed by atoms with van der Waals surface area (Å²) in [7, 11) is 0. The Morgan fingerprint density at radius 2 is 1.87 bits per heavy atom. The van der Waals surface area contributed by atoms with Gasteiger partial charge in [-0.2, -0.15) is 0 Å². The molecule has 0 spiro atoms. The molecule has 4 rings (SSSR count). The van der Waals surface area contributed by atoms with E-state index in [4.69, 9.17) is 0 Å². The highest BCUT2D eigenvalue weighted by atomic mass is 19.1. The Bertz CT molecular complexity index is 728. The van der Waals surface area contributed by atoms with Gasteiger partial charge in [-0.05, 0) is 35.2 Å². The molecule has 0 bridgehead atoms. The Hall–Kier alpha value is -2.20. The van der Waals surface area contributed by atoms with Crippen LogP contribution in [0.2, 0.25) is 0 Å². The molecule has 2 aliphatic rings. The number of carbonyl (C=O) groups excluding carboxylic acids is 1. The first-order valence-corrected chi connectivity index (χ1v) is 8.05. The van der Waals surface area contributed by atoms with Crippen molar-refractivity contribution in [3.8, 4) is 0 Å². The second-order valence-corrected chi connectivity index (χ2v) is 6.35. The first kappa shape index (κ1) is 14.4. The minimum Gasteiger partial charge on any atom is -0.333 e. The number of piperazine rings is 1. The highest BCUT2D eigenvalue weighted by Crippen LogP contribution is 2.33. The number of amides is 1. The van der Waals surface area contributed by atoms with Crippen molar-refractivity contribution in [3.63, 3.8) is 0 Å². The van der Waals surface area contributed by atoms with E-state index in [1.807, 2.05) is 11.0 Å². The van der Waals surface area contributed by atoms with Crippen molar-refractivity contribution in [2.75, 3.05) is 19.6 Å². The van der Waals surface area contributed by atoms with Crippen LogP contribution in [0.15, 0.2) is 48.5 Å². The zero-order chi connectivity index (χ0) is 15.8. The molecule has 1 amide bonds. The lowest BCUT2D eigenvalue weighted by atomic mass is 9.90. The highest BCUT2D eigenvalue weighted by molar-refractivity contribution is 5.80. The molecule has 3 nitrogen and oxygen atoms in total. The highest BCUT2D eigenvalue weighted by Gasteiger charge is 2.36. The fourth-order valence-corrected chi connectivity index (χ4v) is 3.71. The summed E-state index contributed by atoms with van der Waals surface area (Å²) in [6.45, 7) is 2.76. The van der Waals surface area contributed by atoms with Crippen LogP contribution in [0.4, 0.5) is 4.39 Å². The average Bonchev–Trinajstić information content (AvgIpc) is 2.57. The molecule has 2 aromatic carbocycles. The molecule has 1 saturated heterocycles. The van der Waals surface area contributed by atoms with Crippen molar-refractivity contribution >= 4 is 5.91 Å². The summed E-state index contributed by atoms with van der Waals surface area (Å²) in [6.07, 6.45) is 0.941. The normalized spacial score (nSPS) is 21.0. The largest absolute Gasteiger partial charge is 0.333 e. The molecule has 4 heteroatoms. The smallest absolute Gasteiger partial charge is 0.237 e. The zero-order valence-corrected chi connectivity index (χ0v) is 12.9. The molecular formula is C19H19FN2O. The minimum atomic E-state index is -0.226.